The van der Waals surface area contributed by atoms with Gasteiger partial charge in [0.15, 0.2) is 0 Å². The highest BCUT2D eigenvalue weighted by molar-refractivity contribution is 5.88. The molecule has 0 rings (SSSR count). The lowest BCUT2D eigenvalue weighted by molar-refractivity contribution is -0.134. The molecule has 116 valence electrons. The summed E-state index contributed by atoms with van der Waals surface area (Å²) in [5.74, 6) is -0.858. The molecule has 0 saturated carbocycles. The molecule has 3 N–H and O–H groups in total. The van der Waals surface area contributed by atoms with Crippen molar-refractivity contribution in [2.24, 2.45) is 5.41 Å². The molecule has 0 spiro atoms. The number of carbonyl (C=O) groups excluding carboxylic acids is 3. The molecule has 0 heterocycles. The third kappa shape index (κ3) is 7.60. The fourth-order valence-electron chi connectivity index (χ4n) is 0.964. The third-order valence-electron chi connectivity index (χ3n) is 2.11. The zero-order valence-corrected chi connectivity index (χ0v) is 13.2. The van der Waals surface area contributed by atoms with Crippen molar-refractivity contribution in [3.8, 4) is 0 Å². The molecule has 0 bridgehead atoms. The number of hydrogen-bond donors (Lipinski definition) is 3. The van der Waals surface area contributed by atoms with Crippen molar-refractivity contribution < 1.29 is 19.1 Å². The third-order valence-corrected chi connectivity index (χ3v) is 2.11. The fraction of sp³-hybridized carbons (Fsp3) is 0.769. The van der Waals surface area contributed by atoms with Gasteiger partial charge in [-0.15, -0.1) is 0 Å². The topological polar surface area (TPSA) is 96.5 Å². The van der Waals surface area contributed by atoms with Crippen LogP contribution in [0.4, 0.5) is 4.79 Å². The van der Waals surface area contributed by atoms with E-state index in [2.05, 4.69) is 16.2 Å². The van der Waals surface area contributed by atoms with Gasteiger partial charge in [-0.05, 0) is 27.7 Å². The van der Waals surface area contributed by atoms with Crippen LogP contribution in [-0.4, -0.2) is 29.6 Å². The quantitative estimate of drug-likeness (QED) is 0.662. The molecule has 20 heavy (non-hydrogen) atoms. The van der Waals surface area contributed by atoms with Gasteiger partial charge in [0.05, 0.1) is 0 Å². The number of hydrogen-bond acceptors (Lipinski definition) is 4. The molecular formula is C13H25N3O4. The summed E-state index contributed by atoms with van der Waals surface area (Å²) in [5.41, 5.74) is 3.29. The average Bonchev–Trinajstić information content (AvgIpc) is 2.20. The molecule has 0 saturated heterocycles. The Balaban J connectivity index is 4.24. The second-order valence-corrected chi connectivity index (χ2v) is 6.56. The summed E-state index contributed by atoms with van der Waals surface area (Å²) >= 11 is 0. The van der Waals surface area contributed by atoms with E-state index < -0.39 is 29.1 Å². The second kappa shape index (κ2) is 6.58. The number of nitrogens with one attached hydrogen (secondary N) is 3. The number of hydrazine groups is 1. The summed E-state index contributed by atoms with van der Waals surface area (Å²) in [6, 6.07) is -0.829. The van der Waals surface area contributed by atoms with Crippen LogP contribution in [0.2, 0.25) is 0 Å². The lowest BCUT2D eigenvalue weighted by Gasteiger charge is -2.22. The van der Waals surface area contributed by atoms with Gasteiger partial charge in [0.2, 0.25) is 5.91 Å². The zero-order chi connectivity index (χ0) is 16.1. The van der Waals surface area contributed by atoms with Gasteiger partial charge in [-0.3, -0.25) is 20.4 Å². The van der Waals surface area contributed by atoms with E-state index in [-0.39, 0.29) is 5.91 Å². The van der Waals surface area contributed by atoms with E-state index in [4.69, 9.17) is 4.74 Å². The van der Waals surface area contributed by atoms with E-state index in [1.165, 1.54) is 6.92 Å². The van der Waals surface area contributed by atoms with Crippen LogP contribution < -0.4 is 16.2 Å². The van der Waals surface area contributed by atoms with Crippen LogP contribution in [0.5, 0.6) is 0 Å². The Morgan fingerprint density at radius 3 is 1.85 bits per heavy atom. The van der Waals surface area contributed by atoms with Gasteiger partial charge >= 0.3 is 6.09 Å². The van der Waals surface area contributed by atoms with E-state index >= 15 is 0 Å². The number of carbonyl (C=O) groups is 3. The minimum Gasteiger partial charge on any atom is -0.444 e. The maximum Gasteiger partial charge on any atom is 0.408 e. The highest BCUT2D eigenvalue weighted by Gasteiger charge is 2.24. The zero-order valence-electron chi connectivity index (χ0n) is 13.2. The normalized spacial score (nSPS) is 13.2. The van der Waals surface area contributed by atoms with E-state index in [1.807, 2.05) is 0 Å². The fourth-order valence-corrected chi connectivity index (χ4v) is 0.964. The molecule has 0 aromatic carbocycles. The monoisotopic (exact) mass is 287 g/mol. The predicted molar refractivity (Wildman–Crippen MR) is 74.6 cm³/mol. The molecule has 3 amide bonds. The van der Waals surface area contributed by atoms with Crippen molar-refractivity contribution in [2.75, 3.05) is 0 Å². The first-order valence-corrected chi connectivity index (χ1v) is 6.43. The summed E-state index contributed by atoms with van der Waals surface area (Å²) in [4.78, 5) is 34.7. The molecule has 0 aliphatic rings. The van der Waals surface area contributed by atoms with Gasteiger partial charge in [0, 0.05) is 5.41 Å². The van der Waals surface area contributed by atoms with Gasteiger partial charge in [-0.1, -0.05) is 20.8 Å². The van der Waals surface area contributed by atoms with Gasteiger partial charge in [0.1, 0.15) is 11.6 Å². The molecule has 0 unspecified atom stereocenters. The predicted octanol–water partition coefficient (Wildman–Crippen LogP) is 1.09. The smallest absolute Gasteiger partial charge is 0.408 e. The van der Waals surface area contributed by atoms with Gasteiger partial charge < -0.3 is 10.1 Å². The van der Waals surface area contributed by atoms with E-state index in [9.17, 15) is 14.4 Å². The lowest BCUT2D eigenvalue weighted by atomic mass is 9.96. The Hall–Kier alpha value is -1.79. The van der Waals surface area contributed by atoms with Crippen LogP contribution in [-0.2, 0) is 14.3 Å². The first-order valence-electron chi connectivity index (χ1n) is 6.43. The summed E-state index contributed by atoms with van der Waals surface area (Å²) < 4.78 is 5.02. The molecule has 7 heteroatoms. The highest BCUT2D eigenvalue weighted by atomic mass is 16.6. The van der Waals surface area contributed by atoms with Crippen molar-refractivity contribution in [3.63, 3.8) is 0 Å². The van der Waals surface area contributed by atoms with Crippen LogP contribution >= 0.6 is 0 Å². The summed E-state index contributed by atoms with van der Waals surface area (Å²) in [6.07, 6.45) is -0.692. The standard InChI is InChI=1S/C13H25N3O4/c1-8(14-11(19)20-13(5,6)7)9(17)15-16-10(18)12(2,3)4/h8H,1-7H3,(H,14,19)(H,15,17)(H,16,18)/t8-/m0/s1. The van der Waals surface area contributed by atoms with Crippen LogP contribution in [0.25, 0.3) is 0 Å². The highest BCUT2D eigenvalue weighted by Crippen LogP contribution is 2.11. The van der Waals surface area contributed by atoms with Crippen LogP contribution in [0.1, 0.15) is 48.5 Å². The average molecular weight is 287 g/mol. The largest absolute Gasteiger partial charge is 0.444 e. The van der Waals surface area contributed by atoms with Crippen molar-refractivity contribution in [1.29, 1.82) is 0 Å². The number of rotatable bonds is 2. The van der Waals surface area contributed by atoms with E-state index in [0.29, 0.717) is 0 Å². The minimum atomic E-state index is -0.829. The number of alkyl carbamates (subject to hydrolysis) is 1. The molecule has 0 radical (unpaired) electrons. The Bertz CT molecular complexity index is 380. The van der Waals surface area contributed by atoms with Crippen molar-refractivity contribution >= 4 is 17.9 Å². The Morgan fingerprint density at radius 1 is 0.950 bits per heavy atom. The number of amides is 3. The Morgan fingerprint density at radius 2 is 1.45 bits per heavy atom. The van der Waals surface area contributed by atoms with Crippen LogP contribution in [0, 0.1) is 5.41 Å². The molecule has 7 nitrogen and oxygen atoms in total. The van der Waals surface area contributed by atoms with Crippen molar-refractivity contribution in [1.82, 2.24) is 16.2 Å². The van der Waals surface area contributed by atoms with E-state index in [1.54, 1.807) is 41.5 Å². The minimum absolute atomic E-state index is 0.324. The summed E-state index contributed by atoms with van der Waals surface area (Å²) in [7, 11) is 0. The molecule has 0 aliphatic heterocycles. The van der Waals surface area contributed by atoms with Crippen LogP contribution in [0.3, 0.4) is 0 Å². The molecule has 0 aromatic rings. The summed E-state index contributed by atoms with van der Waals surface area (Å²) in [6.45, 7) is 11.8. The number of ether oxygens (including phenoxy) is 1. The maximum absolute atomic E-state index is 11.7. The van der Waals surface area contributed by atoms with Crippen molar-refractivity contribution in [2.45, 2.75) is 60.1 Å². The molecule has 0 aromatic heterocycles. The lowest BCUT2D eigenvalue weighted by Crippen LogP contribution is -2.53. The Kier molecular flexibility index (Phi) is 5.99. The van der Waals surface area contributed by atoms with Crippen molar-refractivity contribution in [3.05, 3.63) is 0 Å². The molecule has 1 atom stereocenters. The Labute approximate surface area is 119 Å². The molecule has 0 aliphatic carbocycles. The maximum atomic E-state index is 11.7. The van der Waals surface area contributed by atoms with Crippen LogP contribution in [0.15, 0.2) is 0 Å². The molecule has 0 fully saturated rings. The SMILES string of the molecule is C[C@H](NC(=O)OC(C)(C)C)C(=O)NNC(=O)C(C)(C)C. The van der Waals surface area contributed by atoms with Gasteiger partial charge in [0.25, 0.3) is 5.91 Å². The molecular weight excluding hydrogens is 262 g/mol. The first kappa shape index (κ1) is 18.2. The first-order chi connectivity index (χ1) is 8.83. The second-order valence-electron chi connectivity index (χ2n) is 6.56. The van der Waals surface area contributed by atoms with E-state index in [0.717, 1.165) is 0 Å². The van der Waals surface area contributed by atoms with Gasteiger partial charge in [-0.25, -0.2) is 4.79 Å². The van der Waals surface area contributed by atoms with Gasteiger partial charge in [-0.2, -0.15) is 0 Å². The summed E-state index contributed by atoms with van der Waals surface area (Å²) in [5, 5.41) is 2.37.